The zero-order valence-electron chi connectivity index (χ0n) is 12.4. The summed E-state index contributed by atoms with van der Waals surface area (Å²) < 4.78 is 5.81. The number of carbonyl (C=O) groups excluding carboxylic acids is 1. The van der Waals surface area contributed by atoms with Gasteiger partial charge in [-0.2, -0.15) is 0 Å². The molecule has 3 rings (SSSR count). The number of hydrogen-bond acceptors (Lipinski definition) is 4. The number of aromatic nitrogens is 2. The maximum Gasteiger partial charge on any atom is 0.232 e. The Kier molecular flexibility index (Phi) is 4.68. The predicted octanol–water partition coefficient (Wildman–Crippen LogP) is 2.43. The number of piperidine rings is 1. The summed E-state index contributed by atoms with van der Waals surface area (Å²) in [5.74, 6) is 1.54. The van der Waals surface area contributed by atoms with Gasteiger partial charge in [0, 0.05) is 44.7 Å². The van der Waals surface area contributed by atoms with E-state index in [1.807, 2.05) is 4.90 Å². The van der Waals surface area contributed by atoms with Crippen LogP contribution in [-0.2, 0) is 4.79 Å². The van der Waals surface area contributed by atoms with Crippen molar-refractivity contribution in [1.82, 2.24) is 14.9 Å². The average molecular weight is 289 g/mol. The molecule has 0 atom stereocenters. The average Bonchev–Trinajstić information content (AvgIpc) is 3.02. The summed E-state index contributed by atoms with van der Waals surface area (Å²) in [6.07, 6.45) is 12.6. The van der Waals surface area contributed by atoms with Crippen LogP contribution in [0.2, 0.25) is 0 Å². The number of amides is 1. The van der Waals surface area contributed by atoms with E-state index >= 15 is 0 Å². The minimum atomic E-state index is 0.150. The van der Waals surface area contributed by atoms with Crippen molar-refractivity contribution < 1.29 is 9.53 Å². The second-order valence-electron chi connectivity index (χ2n) is 6.10. The molecule has 2 fully saturated rings. The number of hydrogen-bond donors (Lipinski definition) is 0. The lowest BCUT2D eigenvalue weighted by molar-refractivity contribution is -0.134. The number of carbonyl (C=O) groups is 1. The minimum Gasteiger partial charge on any atom is -0.473 e. The Bertz CT molecular complexity index is 452. The van der Waals surface area contributed by atoms with Crippen molar-refractivity contribution in [2.24, 2.45) is 5.92 Å². The minimum absolute atomic E-state index is 0.150. The summed E-state index contributed by atoms with van der Waals surface area (Å²) in [6, 6.07) is 0. The SMILES string of the molecule is O=C(CC1CCCC1)N1CCC(Oc2cnccn2)CC1. The molecular weight excluding hydrogens is 266 g/mol. The molecule has 0 bridgehead atoms. The van der Waals surface area contributed by atoms with Gasteiger partial charge >= 0.3 is 0 Å². The summed E-state index contributed by atoms with van der Waals surface area (Å²) in [7, 11) is 0. The first-order chi connectivity index (χ1) is 10.3. The predicted molar refractivity (Wildman–Crippen MR) is 78.8 cm³/mol. The van der Waals surface area contributed by atoms with Gasteiger partial charge in [-0.15, -0.1) is 0 Å². The molecule has 5 heteroatoms. The number of likely N-dealkylation sites (tertiary alicyclic amines) is 1. The van der Waals surface area contributed by atoms with E-state index in [2.05, 4.69) is 9.97 Å². The molecule has 2 heterocycles. The van der Waals surface area contributed by atoms with Crippen LogP contribution in [0.5, 0.6) is 5.88 Å². The normalized spacial score (nSPS) is 20.7. The zero-order valence-corrected chi connectivity index (χ0v) is 12.4. The maximum atomic E-state index is 12.3. The highest BCUT2D eigenvalue weighted by Crippen LogP contribution is 2.28. The first-order valence-electron chi connectivity index (χ1n) is 8.02. The van der Waals surface area contributed by atoms with Crippen LogP contribution < -0.4 is 4.74 Å². The molecule has 1 aromatic heterocycles. The van der Waals surface area contributed by atoms with Gasteiger partial charge in [-0.25, -0.2) is 4.98 Å². The monoisotopic (exact) mass is 289 g/mol. The second kappa shape index (κ2) is 6.87. The van der Waals surface area contributed by atoms with E-state index in [0.29, 0.717) is 17.7 Å². The third kappa shape index (κ3) is 3.93. The maximum absolute atomic E-state index is 12.3. The summed E-state index contributed by atoms with van der Waals surface area (Å²) in [4.78, 5) is 22.4. The lowest BCUT2D eigenvalue weighted by Crippen LogP contribution is -2.42. The summed E-state index contributed by atoms with van der Waals surface area (Å²) in [5, 5.41) is 0. The second-order valence-corrected chi connectivity index (χ2v) is 6.10. The van der Waals surface area contributed by atoms with Gasteiger partial charge < -0.3 is 9.64 Å². The zero-order chi connectivity index (χ0) is 14.5. The van der Waals surface area contributed by atoms with Crippen molar-refractivity contribution in [1.29, 1.82) is 0 Å². The standard InChI is InChI=1S/C16H23N3O2/c20-16(11-13-3-1-2-4-13)19-9-5-14(6-10-19)21-15-12-17-7-8-18-15/h7-8,12-14H,1-6,9-11H2. The topological polar surface area (TPSA) is 55.3 Å². The Morgan fingerprint density at radius 1 is 1.19 bits per heavy atom. The van der Waals surface area contributed by atoms with E-state index in [4.69, 9.17) is 4.74 Å². The molecule has 0 radical (unpaired) electrons. The van der Waals surface area contributed by atoms with Crippen molar-refractivity contribution in [3.8, 4) is 5.88 Å². The molecule has 0 unspecified atom stereocenters. The van der Waals surface area contributed by atoms with E-state index in [1.54, 1.807) is 18.6 Å². The first-order valence-corrected chi connectivity index (χ1v) is 8.02. The Morgan fingerprint density at radius 3 is 2.62 bits per heavy atom. The first kappa shape index (κ1) is 14.3. The molecule has 5 nitrogen and oxygen atoms in total. The molecule has 0 spiro atoms. The van der Waals surface area contributed by atoms with E-state index in [-0.39, 0.29) is 6.10 Å². The molecule has 1 saturated heterocycles. The molecule has 1 aromatic rings. The van der Waals surface area contributed by atoms with Gasteiger partial charge in [-0.05, 0) is 18.8 Å². The Hall–Kier alpha value is -1.65. The van der Waals surface area contributed by atoms with Gasteiger partial charge in [0.15, 0.2) is 0 Å². The highest BCUT2D eigenvalue weighted by molar-refractivity contribution is 5.76. The smallest absolute Gasteiger partial charge is 0.232 e. The van der Waals surface area contributed by atoms with E-state index < -0.39 is 0 Å². The fraction of sp³-hybridized carbons (Fsp3) is 0.688. The number of ether oxygens (including phenoxy) is 1. The molecule has 1 saturated carbocycles. The third-order valence-corrected chi connectivity index (χ3v) is 4.56. The van der Waals surface area contributed by atoms with Gasteiger partial charge in [-0.3, -0.25) is 9.78 Å². The van der Waals surface area contributed by atoms with Crippen molar-refractivity contribution >= 4 is 5.91 Å². The van der Waals surface area contributed by atoms with Crippen LogP contribution in [0.4, 0.5) is 0 Å². The molecular formula is C16H23N3O2. The van der Waals surface area contributed by atoms with Crippen LogP contribution in [0.1, 0.15) is 44.9 Å². The van der Waals surface area contributed by atoms with Gasteiger partial charge in [-0.1, -0.05) is 12.8 Å². The summed E-state index contributed by atoms with van der Waals surface area (Å²) >= 11 is 0. The fourth-order valence-electron chi connectivity index (χ4n) is 3.33. The van der Waals surface area contributed by atoms with Gasteiger partial charge in [0.2, 0.25) is 11.8 Å². The molecule has 0 N–H and O–H groups in total. The Balaban J connectivity index is 1.43. The Labute approximate surface area is 125 Å². The fourth-order valence-corrected chi connectivity index (χ4v) is 3.33. The molecule has 1 amide bonds. The van der Waals surface area contributed by atoms with Crippen LogP contribution in [0.25, 0.3) is 0 Å². The summed E-state index contributed by atoms with van der Waals surface area (Å²) in [5.41, 5.74) is 0. The molecule has 114 valence electrons. The summed E-state index contributed by atoms with van der Waals surface area (Å²) in [6.45, 7) is 1.60. The van der Waals surface area contributed by atoms with E-state index in [9.17, 15) is 4.79 Å². The molecule has 0 aromatic carbocycles. The third-order valence-electron chi connectivity index (χ3n) is 4.56. The van der Waals surface area contributed by atoms with Crippen LogP contribution >= 0.6 is 0 Å². The lowest BCUT2D eigenvalue weighted by atomic mass is 10.0. The van der Waals surface area contributed by atoms with Crippen LogP contribution in [-0.4, -0.2) is 40.0 Å². The largest absolute Gasteiger partial charge is 0.473 e. The Morgan fingerprint density at radius 2 is 1.95 bits per heavy atom. The highest BCUT2D eigenvalue weighted by atomic mass is 16.5. The molecule has 2 aliphatic rings. The molecule has 21 heavy (non-hydrogen) atoms. The van der Waals surface area contributed by atoms with Crippen molar-refractivity contribution in [2.45, 2.75) is 51.0 Å². The van der Waals surface area contributed by atoms with Crippen LogP contribution in [0.3, 0.4) is 0 Å². The quantitative estimate of drug-likeness (QED) is 0.854. The van der Waals surface area contributed by atoms with E-state index in [0.717, 1.165) is 32.4 Å². The van der Waals surface area contributed by atoms with Crippen LogP contribution in [0, 0.1) is 5.92 Å². The van der Waals surface area contributed by atoms with Gasteiger partial charge in [0.05, 0.1) is 6.20 Å². The van der Waals surface area contributed by atoms with Crippen molar-refractivity contribution in [3.63, 3.8) is 0 Å². The molecule has 1 aliphatic heterocycles. The van der Waals surface area contributed by atoms with Gasteiger partial charge in [0.25, 0.3) is 0 Å². The van der Waals surface area contributed by atoms with Crippen LogP contribution in [0.15, 0.2) is 18.6 Å². The number of rotatable bonds is 4. The van der Waals surface area contributed by atoms with E-state index in [1.165, 1.54) is 25.7 Å². The van der Waals surface area contributed by atoms with Crippen molar-refractivity contribution in [2.75, 3.05) is 13.1 Å². The lowest BCUT2D eigenvalue weighted by Gasteiger charge is -2.32. The van der Waals surface area contributed by atoms with Gasteiger partial charge in [0.1, 0.15) is 6.10 Å². The van der Waals surface area contributed by atoms with Crippen molar-refractivity contribution in [3.05, 3.63) is 18.6 Å². The highest BCUT2D eigenvalue weighted by Gasteiger charge is 2.26. The molecule has 1 aliphatic carbocycles. The number of nitrogens with zero attached hydrogens (tertiary/aromatic N) is 3.